The monoisotopic (exact) mass is 319 g/mol. The molecule has 0 saturated carbocycles. The van der Waals surface area contributed by atoms with Gasteiger partial charge in [-0.05, 0) is 46.5 Å². The average Bonchev–Trinajstić information content (AvgIpc) is 3.10. The van der Waals surface area contributed by atoms with Crippen molar-refractivity contribution < 1.29 is 4.79 Å². The second-order valence-corrected chi connectivity index (χ2v) is 7.85. The van der Waals surface area contributed by atoms with Gasteiger partial charge in [-0.3, -0.25) is 4.79 Å². The van der Waals surface area contributed by atoms with Gasteiger partial charge in [0.25, 0.3) is 0 Å². The van der Waals surface area contributed by atoms with Gasteiger partial charge in [0.1, 0.15) is 5.82 Å². The van der Waals surface area contributed by atoms with Gasteiger partial charge in [0.05, 0.1) is 0 Å². The molecule has 1 saturated heterocycles. The summed E-state index contributed by atoms with van der Waals surface area (Å²) < 4.78 is 2.32. The van der Waals surface area contributed by atoms with E-state index >= 15 is 0 Å². The van der Waals surface area contributed by atoms with E-state index in [4.69, 9.17) is 0 Å². The van der Waals surface area contributed by atoms with E-state index in [1.807, 2.05) is 6.20 Å². The highest BCUT2D eigenvalue weighted by atomic mass is 16.2. The van der Waals surface area contributed by atoms with Crippen LogP contribution in [0.1, 0.15) is 77.9 Å². The van der Waals surface area contributed by atoms with E-state index in [0.717, 1.165) is 44.5 Å². The largest absolute Gasteiger partial charge is 0.339 e. The standard InChI is InChI=1S/C19H33N3O/c1-7-19(5,6)18(23)21-12-8-9-16(21)10-11-17-20-13-15(4)22(17)14(2)3/h13-14,16H,7-12H2,1-6H3. The van der Waals surface area contributed by atoms with Gasteiger partial charge < -0.3 is 9.47 Å². The number of hydrogen-bond acceptors (Lipinski definition) is 2. The van der Waals surface area contributed by atoms with Crippen LogP contribution in [0.4, 0.5) is 0 Å². The normalized spacial score (nSPS) is 18.9. The minimum Gasteiger partial charge on any atom is -0.339 e. The summed E-state index contributed by atoms with van der Waals surface area (Å²) in [6, 6.07) is 0.818. The topological polar surface area (TPSA) is 38.1 Å². The summed E-state index contributed by atoms with van der Waals surface area (Å²) in [7, 11) is 0. The van der Waals surface area contributed by atoms with Gasteiger partial charge in [0.15, 0.2) is 0 Å². The van der Waals surface area contributed by atoms with Gasteiger partial charge in [0, 0.05) is 42.4 Å². The van der Waals surface area contributed by atoms with Gasteiger partial charge >= 0.3 is 0 Å². The number of imidazole rings is 1. The molecule has 4 heteroatoms. The molecule has 0 N–H and O–H groups in total. The number of carbonyl (C=O) groups is 1. The van der Waals surface area contributed by atoms with Crippen LogP contribution in [0.25, 0.3) is 0 Å². The van der Waals surface area contributed by atoms with Crippen LogP contribution in [0.15, 0.2) is 6.20 Å². The first-order chi connectivity index (χ1) is 10.8. The summed E-state index contributed by atoms with van der Waals surface area (Å²) in [5, 5.41) is 0. The lowest BCUT2D eigenvalue weighted by atomic mass is 9.88. The lowest BCUT2D eigenvalue weighted by Crippen LogP contribution is -2.43. The molecule has 0 aliphatic carbocycles. The van der Waals surface area contributed by atoms with Crippen molar-refractivity contribution in [2.45, 2.75) is 85.7 Å². The van der Waals surface area contributed by atoms with Gasteiger partial charge in [-0.25, -0.2) is 4.98 Å². The van der Waals surface area contributed by atoms with Crippen molar-refractivity contribution in [2.75, 3.05) is 6.54 Å². The highest BCUT2D eigenvalue weighted by molar-refractivity contribution is 5.82. The number of rotatable bonds is 6. The van der Waals surface area contributed by atoms with Crippen LogP contribution in [0.5, 0.6) is 0 Å². The van der Waals surface area contributed by atoms with E-state index in [1.165, 1.54) is 5.69 Å². The highest BCUT2D eigenvalue weighted by Gasteiger charge is 2.36. The third kappa shape index (κ3) is 3.78. The molecule has 1 aliphatic rings. The molecule has 1 amide bonds. The van der Waals surface area contributed by atoms with E-state index in [-0.39, 0.29) is 5.41 Å². The van der Waals surface area contributed by atoms with Crippen molar-refractivity contribution in [1.82, 2.24) is 14.5 Å². The molecule has 1 aliphatic heterocycles. The fraction of sp³-hybridized carbons (Fsp3) is 0.789. The zero-order chi connectivity index (χ0) is 17.2. The fourth-order valence-corrected chi connectivity index (χ4v) is 3.63. The molecule has 1 aromatic rings. The summed E-state index contributed by atoms with van der Waals surface area (Å²) >= 11 is 0. The van der Waals surface area contributed by atoms with Crippen molar-refractivity contribution in [1.29, 1.82) is 0 Å². The minimum absolute atomic E-state index is 0.240. The lowest BCUT2D eigenvalue weighted by molar-refractivity contribution is -0.141. The molecule has 4 nitrogen and oxygen atoms in total. The van der Waals surface area contributed by atoms with Crippen LogP contribution in [0.2, 0.25) is 0 Å². The lowest BCUT2D eigenvalue weighted by Gasteiger charge is -2.32. The summed E-state index contributed by atoms with van der Waals surface area (Å²) in [4.78, 5) is 19.5. The van der Waals surface area contributed by atoms with E-state index in [0.29, 0.717) is 18.0 Å². The Bertz CT molecular complexity index is 545. The summed E-state index contributed by atoms with van der Waals surface area (Å²) in [5.41, 5.74) is 0.983. The van der Waals surface area contributed by atoms with Crippen LogP contribution >= 0.6 is 0 Å². The Hall–Kier alpha value is -1.32. The molecule has 1 atom stereocenters. The van der Waals surface area contributed by atoms with Crippen molar-refractivity contribution in [2.24, 2.45) is 5.41 Å². The Balaban J connectivity index is 2.04. The molecular weight excluding hydrogens is 286 g/mol. The summed E-state index contributed by atoms with van der Waals surface area (Å²) in [6.07, 6.45) is 7.10. The molecule has 0 aromatic carbocycles. The Kier molecular flexibility index (Phi) is 5.53. The summed E-state index contributed by atoms with van der Waals surface area (Å²) in [6.45, 7) is 13.7. The van der Waals surface area contributed by atoms with Gasteiger partial charge in [-0.15, -0.1) is 0 Å². The zero-order valence-corrected chi connectivity index (χ0v) is 15.7. The van der Waals surface area contributed by atoms with E-state index in [1.54, 1.807) is 0 Å². The Labute approximate surface area is 141 Å². The molecule has 0 radical (unpaired) electrons. The number of aryl methyl sites for hydroxylation is 2. The Morgan fingerprint density at radius 2 is 2.13 bits per heavy atom. The third-order valence-electron chi connectivity index (χ3n) is 5.38. The fourth-order valence-electron chi connectivity index (χ4n) is 3.63. The van der Waals surface area contributed by atoms with Crippen LogP contribution in [0.3, 0.4) is 0 Å². The van der Waals surface area contributed by atoms with Crippen LogP contribution in [-0.4, -0.2) is 32.9 Å². The molecule has 130 valence electrons. The van der Waals surface area contributed by atoms with E-state index < -0.39 is 0 Å². The predicted molar refractivity (Wildman–Crippen MR) is 94.5 cm³/mol. The first-order valence-electron chi connectivity index (χ1n) is 9.11. The Morgan fingerprint density at radius 1 is 1.43 bits per heavy atom. The maximum Gasteiger partial charge on any atom is 0.228 e. The molecule has 2 heterocycles. The van der Waals surface area contributed by atoms with Crippen LogP contribution in [-0.2, 0) is 11.2 Å². The highest BCUT2D eigenvalue weighted by Crippen LogP contribution is 2.30. The molecular formula is C19H33N3O. The SMILES string of the molecule is CCC(C)(C)C(=O)N1CCCC1CCc1ncc(C)n1C(C)C. The Morgan fingerprint density at radius 3 is 2.74 bits per heavy atom. The van der Waals surface area contributed by atoms with E-state index in [9.17, 15) is 4.79 Å². The van der Waals surface area contributed by atoms with Crippen molar-refractivity contribution in [3.63, 3.8) is 0 Å². The third-order valence-corrected chi connectivity index (χ3v) is 5.38. The molecule has 0 spiro atoms. The molecule has 1 aromatic heterocycles. The van der Waals surface area contributed by atoms with E-state index in [2.05, 4.69) is 56.0 Å². The number of likely N-dealkylation sites (tertiary alicyclic amines) is 1. The number of nitrogens with zero attached hydrogens (tertiary/aromatic N) is 3. The molecule has 2 rings (SSSR count). The first-order valence-corrected chi connectivity index (χ1v) is 9.11. The molecule has 23 heavy (non-hydrogen) atoms. The maximum atomic E-state index is 12.8. The molecule has 1 fully saturated rings. The van der Waals surface area contributed by atoms with Crippen LogP contribution < -0.4 is 0 Å². The van der Waals surface area contributed by atoms with Crippen LogP contribution in [0, 0.1) is 12.3 Å². The van der Waals surface area contributed by atoms with Gasteiger partial charge in [-0.2, -0.15) is 0 Å². The predicted octanol–water partition coefficient (Wildman–Crippen LogP) is 4.13. The minimum atomic E-state index is -0.240. The first kappa shape index (κ1) is 18.0. The zero-order valence-electron chi connectivity index (χ0n) is 15.7. The van der Waals surface area contributed by atoms with Crippen molar-refractivity contribution in [3.8, 4) is 0 Å². The smallest absolute Gasteiger partial charge is 0.228 e. The van der Waals surface area contributed by atoms with Gasteiger partial charge in [-0.1, -0.05) is 20.8 Å². The quantitative estimate of drug-likeness (QED) is 0.790. The number of carbonyl (C=O) groups excluding carboxylic acids is 1. The summed E-state index contributed by atoms with van der Waals surface area (Å²) in [5.74, 6) is 1.48. The number of amides is 1. The molecule has 1 unspecified atom stereocenters. The van der Waals surface area contributed by atoms with Crippen molar-refractivity contribution in [3.05, 3.63) is 17.7 Å². The molecule has 0 bridgehead atoms. The second-order valence-electron chi connectivity index (χ2n) is 7.85. The number of aromatic nitrogens is 2. The van der Waals surface area contributed by atoms with Gasteiger partial charge in [0.2, 0.25) is 5.91 Å². The second kappa shape index (κ2) is 7.06. The maximum absolute atomic E-state index is 12.8. The average molecular weight is 319 g/mol. The van der Waals surface area contributed by atoms with Crippen molar-refractivity contribution >= 4 is 5.91 Å². The number of hydrogen-bond donors (Lipinski definition) is 0.